The molecule has 0 saturated heterocycles. The zero-order valence-electron chi connectivity index (χ0n) is 8.34. The van der Waals surface area contributed by atoms with Crippen molar-refractivity contribution in [2.45, 2.75) is 25.8 Å². The van der Waals surface area contributed by atoms with E-state index in [1.54, 1.807) is 0 Å². The van der Waals surface area contributed by atoms with Gasteiger partial charge in [0.1, 0.15) is 0 Å². The summed E-state index contributed by atoms with van der Waals surface area (Å²) in [6.07, 6.45) is 1.10. The third-order valence-corrected chi connectivity index (χ3v) is 3.00. The van der Waals surface area contributed by atoms with Gasteiger partial charge >= 0.3 is 0 Å². The fourth-order valence-electron chi connectivity index (χ4n) is 1.05. The van der Waals surface area contributed by atoms with Crippen LogP contribution in [0.2, 0.25) is 0 Å². The molecule has 1 aromatic rings. The van der Waals surface area contributed by atoms with Crippen molar-refractivity contribution in [2.75, 3.05) is 13.1 Å². The number of thiophene rings is 1. The molecule has 3 N–H and O–H groups in total. The Morgan fingerprint density at radius 2 is 2.31 bits per heavy atom. The number of hydrogen-bond donors (Lipinski definition) is 2. The zero-order chi connectivity index (χ0) is 9.73. The van der Waals surface area contributed by atoms with E-state index in [1.165, 1.54) is 4.88 Å². The van der Waals surface area contributed by atoms with Crippen LogP contribution in [0.5, 0.6) is 0 Å². The van der Waals surface area contributed by atoms with Gasteiger partial charge in [-0.15, -0.1) is 11.3 Å². The van der Waals surface area contributed by atoms with Crippen molar-refractivity contribution < 1.29 is 0 Å². The Bertz CT molecular complexity index is 229. The summed E-state index contributed by atoms with van der Waals surface area (Å²) in [7, 11) is 0. The monoisotopic (exact) mass is 198 g/mol. The first-order chi connectivity index (χ1) is 6.14. The lowest BCUT2D eigenvalue weighted by Gasteiger charge is -2.23. The van der Waals surface area contributed by atoms with E-state index < -0.39 is 0 Å². The van der Waals surface area contributed by atoms with Crippen LogP contribution in [-0.4, -0.2) is 18.6 Å². The van der Waals surface area contributed by atoms with Crippen LogP contribution in [0.4, 0.5) is 0 Å². The van der Waals surface area contributed by atoms with E-state index in [9.17, 15) is 0 Å². The molecule has 1 heterocycles. The van der Waals surface area contributed by atoms with Crippen LogP contribution in [0, 0.1) is 0 Å². The first kappa shape index (κ1) is 10.7. The van der Waals surface area contributed by atoms with Gasteiger partial charge in [-0.3, -0.25) is 0 Å². The average Bonchev–Trinajstić information content (AvgIpc) is 2.57. The van der Waals surface area contributed by atoms with Gasteiger partial charge in [-0.05, 0) is 31.7 Å². The van der Waals surface area contributed by atoms with Gasteiger partial charge in [0.05, 0.1) is 0 Å². The summed E-state index contributed by atoms with van der Waals surface area (Å²) in [4.78, 5) is 1.43. The Kier molecular flexibility index (Phi) is 3.90. The Balaban J connectivity index is 2.21. The zero-order valence-corrected chi connectivity index (χ0v) is 9.16. The van der Waals surface area contributed by atoms with Crippen LogP contribution in [0.25, 0.3) is 0 Å². The number of nitrogens with two attached hydrogens (primary N) is 1. The van der Waals surface area contributed by atoms with Crippen molar-refractivity contribution in [3.63, 3.8) is 0 Å². The van der Waals surface area contributed by atoms with Crippen molar-refractivity contribution in [2.24, 2.45) is 5.73 Å². The van der Waals surface area contributed by atoms with E-state index in [4.69, 9.17) is 5.73 Å². The molecule has 0 amide bonds. The van der Waals surface area contributed by atoms with Crippen LogP contribution in [0.15, 0.2) is 17.5 Å². The third kappa shape index (κ3) is 3.89. The number of hydrogen-bond acceptors (Lipinski definition) is 3. The lowest BCUT2D eigenvalue weighted by atomic mass is 10.1. The fourth-order valence-corrected chi connectivity index (χ4v) is 1.76. The van der Waals surface area contributed by atoms with E-state index in [0.717, 1.165) is 13.0 Å². The van der Waals surface area contributed by atoms with Gasteiger partial charge in [-0.2, -0.15) is 0 Å². The van der Waals surface area contributed by atoms with E-state index in [1.807, 2.05) is 11.3 Å². The normalized spacial score (nSPS) is 11.9. The van der Waals surface area contributed by atoms with Crippen molar-refractivity contribution >= 4 is 11.3 Å². The Hall–Kier alpha value is -0.380. The molecule has 0 fully saturated rings. The smallest absolute Gasteiger partial charge is 0.0247 e. The molecule has 0 aliphatic heterocycles. The summed E-state index contributed by atoms with van der Waals surface area (Å²) in [5.74, 6) is 0. The Morgan fingerprint density at radius 3 is 2.85 bits per heavy atom. The van der Waals surface area contributed by atoms with E-state index in [0.29, 0.717) is 6.54 Å². The van der Waals surface area contributed by atoms with Crippen molar-refractivity contribution in [1.29, 1.82) is 0 Å². The van der Waals surface area contributed by atoms with Gasteiger partial charge in [0.25, 0.3) is 0 Å². The predicted octanol–water partition coefficient (Wildman–Crippen LogP) is 1.62. The molecule has 0 atom stereocenters. The SMILES string of the molecule is CC(C)(CN)NCCc1cccs1. The summed E-state index contributed by atoms with van der Waals surface area (Å²) in [5.41, 5.74) is 5.67. The molecule has 0 bridgehead atoms. The second-order valence-corrected chi connectivity index (χ2v) is 4.88. The molecule has 3 heteroatoms. The maximum Gasteiger partial charge on any atom is 0.0247 e. The Morgan fingerprint density at radius 1 is 1.54 bits per heavy atom. The van der Waals surface area contributed by atoms with Gasteiger partial charge in [0.15, 0.2) is 0 Å². The van der Waals surface area contributed by atoms with Crippen LogP contribution in [0.3, 0.4) is 0 Å². The van der Waals surface area contributed by atoms with Crippen LogP contribution < -0.4 is 11.1 Å². The highest BCUT2D eigenvalue weighted by Crippen LogP contribution is 2.08. The molecule has 0 unspecified atom stereocenters. The lowest BCUT2D eigenvalue weighted by Crippen LogP contribution is -2.46. The molecule has 1 aromatic heterocycles. The fraction of sp³-hybridized carbons (Fsp3) is 0.600. The maximum atomic E-state index is 5.61. The highest BCUT2D eigenvalue weighted by Gasteiger charge is 2.13. The standard InChI is InChI=1S/C10H18N2S/c1-10(2,8-11)12-6-5-9-4-3-7-13-9/h3-4,7,12H,5-6,8,11H2,1-2H3. The average molecular weight is 198 g/mol. The van der Waals surface area contributed by atoms with Crippen molar-refractivity contribution in [3.8, 4) is 0 Å². The number of rotatable bonds is 5. The molecule has 0 spiro atoms. The highest BCUT2D eigenvalue weighted by atomic mass is 32.1. The van der Waals surface area contributed by atoms with Gasteiger partial charge in [0.2, 0.25) is 0 Å². The van der Waals surface area contributed by atoms with E-state index in [-0.39, 0.29) is 5.54 Å². The lowest BCUT2D eigenvalue weighted by molar-refractivity contribution is 0.402. The summed E-state index contributed by atoms with van der Waals surface area (Å²) in [6.45, 7) is 5.94. The van der Waals surface area contributed by atoms with Gasteiger partial charge in [0, 0.05) is 23.5 Å². The highest BCUT2D eigenvalue weighted by molar-refractivity contribution is 7.09. The molecular weight excluding hydrogens is 180 g/mol. The second-order valence-electron chi connectivity index (χ2n) is 3.84. The molecule has 74 valence electrons. The molecule has 1 rings (SSSR count). The minimum Gasteiger partial charge on any atom is -0.329 e. The topological polar surface area (TPSA) is 38.0 Å². The third-order valence-electron chi connectivity index (χ3n) is 2.07. The minimum absolute atomic E-state index is 0.0667. The molecule has 0 aliphatic rings. The summed E-state index contributed by atoms with van der Waals surface area (Å²) < 4.78 is 0. The van der Waals surface area contributed by atoms with Gasteiger partial charge < -0.3 is 11.1 Å². The molecule has 0 aromatic carbocycles. The summed E-state index contributed by atoms with van der Waals surface area (Å²) in [6, 6.07) is 4.26. The van der Waals surface area contributed by atoms with E-state index >= 15 is 0 Å². The minimum atomic E-state index is 0.0667. The van der Waals surface area contributed by atoms with Gasteiger partial charge in [-0.1, -0.05) is 6.07 Å². The van der Waals surface area contributed by atoms with Crippen molar-refractivity contribution in [3.05, 3.63) is 22.4 Å². The molecule has 0 aliphatic carbocycles. The van der Waals surface area contributed by atoms with E-state index in [2.05, 4.69) is 36.7 Å². The first-order valence-electron chi connectivity index (χ1n) is 4.61. The largest absolute Gasteiger partial charge is 0.329 e. The Labute approximate surface area is 84.2 Å². The molecule has 13 heavy (non-hydrogen) atoms. The quantitative estimate of drug-likeness (QED) is 0.754. The molecule has 0 saturated carbocycles. The van der Waals surface area contributed by atoms with Gasteiger partial charge in [-0.25, -0.2) is 0 Å². The maximum absolute atomic E-state index is 5.61. The first-order valence-corrected chi connectivity index (χ1v) is 5.49. The number of nitrogens with one attached hydrogen (secondary N) is 1. The van der Waals surface area contributed by atoms with Crippen LogP contribution in [0.1, 0.15) is 18.7 Å². The molecule has 0 radical (unpaired) electrons. The van der Waals surface area contributed by atoms with Crippen LogP contribution >= 0.6 is 11.3 Å². The molecule has 2 nitrogen and oxygen atoms in total. The second kappa shape index (κ2) is 4.74. The predicted molar refractivity (Wildman–Crippen MR) is 59.2 cm³/mol. The molecular formula is C10H18N2S. The summed E-state index contributed by atoms with van der Waals surface area (Å²) in [5, 5.41) is 5.54. The van der Waals surface area contributed by atoms with Crippen LogP contribution in [-0.2, 0) is 6.42 Å². The summed E-state index contributed by atoms with van der Waals surface area (Å²) >= 11 is 1.81. The van der Waals surface area contributed by atoms with Crippen molar-refractivity contribution in [1.82, 2.24) is 5.32 Å².